The Morgan fingerprint density at radius 2 is 2.08 bits per heavy atom. The first-order chi connectivity index (χ1) is 12.2. The zero-order chi connectivity index (χ0) is 17.4. The predicted octanol–water partition coefficient (Wildman–Crippen LogP) is 2.31. The standard InChI is InChI=1S/C17H13N5O3/c1-18-15-13-16(20-8-19-15)22(9-21-13)7-6-11-14(23)10-4-2-3-5-12(10)25-17(11)24/h2-9,23H,1H3,(H,18,19,20)/b7-6+. The van der Waals surface area contributed by atoms with Gasteiger partial charge in [0.2, 0.25) is 0 Å². The summed E-state index contributed by atoms with van der Waals surface area (Å²) in [6.45, 7) is 0. The molecule has 3 aromatic heterocycles. The first-order valence-corrected chi connectivity index (χ1v) is 7.47. The summed E-state index contributed by atoms with van der Waals surface area (Å²) in [6, 6.07) is 6.81. The van der Waals surface area contributed by atoms with Crippen molar-refractivity contribution in [3.05, 3.63) is 52.9 Å². The lowest BCUT2D eigenvalue weighted by Crippen LogP contribution is -2.03. The van der Waals surface area contributed by atoms with Crippen LogP contribution in [0.4, 0.5) is 5.82 Å². The molecular weight excluding hydrogens is 322 g/mol. The molecule has 3 heterocycles. The molecule has 0 fully saturated rings. The van der Waals surface area contributed by atoms with Crippen LogP contribution in [0.1, 0.15) is 5.56 Å². The number of nitrogens with one attached hydrogen (secondary N) is 1. The number of aromatic hydroxyl groups is 1. The van der Waals surface area contributed by atoms with Crippen LogP contribution in [0.15, 0.2) is 46.1 Å². The minimum Gasteiger partial charge on any atom is -0.506 e. The number of fused-ring (bicyclic) bond motifs is 2. The van der Waals surface area contributed by atoms with E-state index in [2.05, 4.69) is 20.3 Å². The van der Waals surface area contributed by atoms with Gasteiger partial charge in [0.15, 0.2) is 17.0 Å². The first kappa shape index (κ1) is 14.9. The van der Waals surface area contributed by atoms with E-state index in [9.17, 15) is 9.90 Å². The number of hydrogen-bond donors (Lipinski definition) is 2. The summed E-state index contributed by atoms with van der Waals surface area (Å²) < 4.78 is 6.87. The molecule has 0 saturated heterocycles. The normalized spacial score (nSPS) is 11.6. The van der Waals surface area contributed by atoms with Crippen LogP contribution in [-0.4, -0.2) is 31.7 Å². The van der Waals surface area contributed by atoms with E-state index < -0.39 is 5.63 Å². The molecule has 0 saturated carbocycles. The molecular formula is C17H13N5O3. The summed E-state index contributed by atoms with van der Waals surface area (Å²) in [5.41, 5.74) is 0.942. The van der Waals surface area contributed by atoms with Crippen molar-refractivity contribution in [1.29, 1.82) is 0 Å². The fourth-order valence-electron chi connectivity index (χ4n) is 2.59. The quantitative estimate of drug-likeness (QED) is 0.553. The summed E-state index contributed by atoms with van der Waals surface area (Å²) in [6.07, 6.45) is 6.02. The van der Waals surface area contributed by atoms with Crippen molar-refractivity contribution < 1.29 is 9.52 Å². The van der Waals surface area contributed by atoms with Crippen LogP contribution in [-0.2, 0) is 0 Å². The van der Waals surface area contributed by atoms with Crippen LogP contribution >= 0.6 is 0 Å². The van der Waals surface area contributed by atoms with Crippen LogP contribution in [0.3, 0.4) is 0 Å². The summed E-state index contributed by atoms with van der Waals surface area (Å²) in [4.78, 5) is 24.7. The molecule has 25 heavy (non-hydrogen) atoms. The maximum absolute atomic E-state index is 12.1. The number of aromatic nitrogens is 4. The van der Waals surface area contributed by atoms with Gasteiger partial charge in [0.1, 0.15) is 29.6 Å². The molecule has 0 aliphatic heterocycles. The Kier molecular flexibility index (Phi) is 3.42. The fourth-order valence-corrected chi connectivity index (χ4v) is 2.59. The Labute approximate surface area is 141 Å². The average Bonchev–Trinajstić information content (AvgIpc) is 3.05. The summed E-state index contributed by atoms with van der Waals surface area (Å²) >= 11 is 0. The van der Waals surface area contributed by atoms with Gasteiger partial charge in [-0.05, 0) is 18.2 Å². The van der Waals surface area contributed by atoms with Gasteiger partial charge in [0.05, 0.1) is 5.39 Å². The molecule has 124 valence electrons. The van der Waals surface area contributed by atoms with E-state index >= 15 is 0 Å². The number of anilines is 1. The molecule has 1 aromatic carbocycles. The van der Waals surface area contributed by atoms with Crippen LogP contribution < -0.4 is 10.9 Å². The molecule has 0 unspecified atom stereocenters. The third kappa shape index (κ3) is 2.40. The van der Waals surface area contributed by atoms with Gasteiger partial charge in [-0.3, -0.25) is 4.57 Å². The van der Waals surface area contributed by atoms with Gasteiger partial charge in [0.25, 0.3) is 0 Å². The third-order valence-electron chi connectivity index (χ3n) is 3.82. The van der Waals surface area contributed by atoms with E-state index in [-0.39, 0.29) is 11.3 Å². The Hall–Kier alpha value is -3.68. The Morgan fingerprint density at radius 3 is 2.92 bits per heavy atom. The highest BCUT2D eigenvalue weighted by atomic mass is 16.4. The second-order valence-electron chi connectivity index (χ2n) is 5.26. The molecule has 4 rings (SSSR count). The molecule has 2 N–H and O–H groups in total. The zero-order valence-corrected chi connectivity index (χ0v) is 13.2. The summed E-state index contributed by atoms with van der Waals surface area (Å²) in [5.74, 6) is 0.475. The largest absolute Gasteiger partial charge is 0.506 e. The monoisotopic (exact) mass is 335 g/mol. The van der Waals surface area contributed by atoms with Gasteiger partial charge >= 0.3 is 5.63 Å². The van der Waals surface area contributed by atoms with E-state index in [0.29, 0.717) is 28.0 Å². The number of nitrogens with zero attached hydrogens (tertiary/aromatic N) is 4. The second-order valence-corrected chi connectivity index (χ2v) is 5.26. The Bertz CT molecular complexity index is 1180. The summed E-state index contributed by atoms with van der Waals surface area (Å²) in [5, 5.41) is 13.8. The highest BCUT2D eigenvalue weighted by molar-refractivity contribution is 5.88. The zero-order valence-electron chi connectivity index (χ0n) is 13.2. The van der Waals surface area contributed by atoms with Crippen molar-refractivity contribution in [2.45, 2.75) is 0 Å². The van der Waals surface area contributed by atoms with Crippen LogP contribution in [0.2, 0.25) is 0 Å². The van der Waals surface area contributed by atoms with Gasteiger partial charge in [-0.1, -0.05) is 12.1 Å². The molecule has 0 radical (unpaired) electrons. The molecule has 0 aliphatic carbocycles. The van der Waals surface area contributed by atoms with E-state index in [4.69, 9.17) is 4.42 Å². The molecule has 8 nitrogen and oxygen atoms in total. The molecule has 8 heteroatoms. The third-order valence-corrected chi connectivity index (χ3v) is 3.82. The van der Waals surface area contributed by atoms with Gasteiger partial charge in [-0.2, -0.15) is 0 Å². The number of rotatable bonds is 3. The molecule has 0 aliphatic rings. The second kappa shape index (κ2) is 5.75. The molecule has 0 amide bonds. The predicted molar refractivity (Wildman–Crippen MR) is 94.2 cm³/mol. The molecule has 4 aromatic rings. The lowest BCUT2D eigenvalue weighted by molar-refractivity contribution is 0.466. The van der Waals surface area contributed by atoms with Crippen molar-refractivity contribution in [3.8, 4) is 5.75 Å². The van der Waals surface area contributed by atoms with Gasteiger partial charge in [0, 0.05) is 13.2 Å². The maximum Gasteiger partial charge on any atom is 0.347 e. The lowest BCUT2D eigenvalue weighted by Gasteiger charge is -2.03. The van der Waals surface area contributed by atoms with Crippen molar-refractivity contribution in [1.82, 2.24) is 19.5 Å². The first-order valence-electron chi connectivity index (χ1n) is 7.47. The van der Waals surface area contributed by atoms with Crippen molar-refractivity contribution in [2.24, 2.45) is 0 Å². The van der Waals surface area contributed by atoms with E-state index in [0.717, 1.165) is 0 Å². The van der Waals surface area contributed by atoms with Crippen molar-refractivity contribution in [3.63, 3.8) is 0 Å². The number of para-hydroxylation sites is 1. The van der Waals surface area contributed by atoms with Crippen molar-refractivity contribution >= 4 is 40.2 Å². The minimum absolute atomic E-state index is 0.0587. The van der Waals surface area contributed by atoms with E-state index in [1.54, 1.807) is 48.4 Å². The number of imidazole rings is 1. The van der Waals surface area contributed by atoms with E-state index in [1.165, 1.54) is 12.4 Å². The van der Waals surface area contributed by atoms with E-state index in [1.807, 2.05) is 0 Å². The molecule has 0 atom stereocenters. The lowest BCUT2D eigenvalue weighted by atomic mass is 10.1. The molecule has 0 bridgehead atoms. The number of hydrogen-bond acceptors (Lipinski definition) is 7. The fraction of sp³-hybridized carbons (Fsp3) is 0.0588. The van der Waals surface area contributed by atoms with Crippen molar-refractivity contribution in [2.75, 3.05) is 12.4 Å². The van der Waals surface area contributed by atoms with Crippen LogP contribution in [0.5, 0.6) is 5.75 Å². The smallest absolute Gasteiger partial charge is 0.347 e. The van der Waals surface area contributed by atoms with Gasteiger partial charge in [-0.15, -0.1) is 0 Å². The van der Waals surface area contributed by atoms with Crippen LogP contribution in [0.25, 0.3) is 34.4 Å². The van der Waals surface area contributed by atoms with Gasteiger partial charge in [-0.25, -0.2) is 19.7 Å². The highest BCUT2D eigenvalue weighted by Gasteiger charge is 2.12. The topological polar surface area (TPSA) is 106 Å². The number of benzene rings is 1. The molecule has 0 spiro atoms. The minimum atomic E-state index is -0.623. The van der Waals surface area contributed by atoms with Crippen LogP contribution in [0, 0.1) is 0 Å². The average molecular weight is 335 g/mol. The highest BCUT2D eigenvalue weighted by Crippen LogP contribution is 2.27. The summed E-state index contributed by atoms with van der Waals surface area (Å²) in [7, 11) is 1.75. The Balaban J connectivity index is 1.83. The SMILES string of the molecule is CNc1ncnc2c1ncn2/C=C/c1c(O)c2ccccc2oc1=O. The Morgan fingerprint density at radius 1 is 1.24 bits per heavy atom. The maximum atomic E-state index is 12.1. The van der Waals surface area contributed by atoms with Gasteiger partial charge < -0.3 is 14.8 Å².